The lowest BCUT2D eigenvalue weighted by Crippen LogP contribution is -2.33. The maximum atomic E-state index is 10.5. The molecule has 0 aromatic carbocycles. The lowest BCUT2D eigenvalue weighted by Gasteiger charge is -2.09. The molecule has 5 N–H and O–H groups in total. The number of nitrogens with two attached hydrogens (primary N) is 1. The quantitative estimate of drug-likeness (QED) is 0.565. The maximum absolute atomic E-state index is 10.5. The Morgan fingerprint density at radius 3 is 2.83 bits per heavy atom. The molecule has 18 heavy (non-hydrogen) atoms. The number of nitrogens with one attached hydrogen (secondary N) is 3. The summed E-state index contributed by atoms with van der Waals surface area (Å²) < 4.78 is 0.767. The van der Waals surface area contributed by atoms with Crippen molar-refractivity contribution in [3.8, 4) is 0 Å². The Morgan fingerprint density at radius 1 is 1.39 bits per heavy atom. The number of amides is 2. The minimum atomic E-state index is -0.538. The topological polar surface area (TPSA) is 105 Å². The molecule has 0 unspecified atom stereocenters. The van der Waals surface area contributed by atoms with Crippen LogP contribution in [-0.2, 0) is 0 Å². The number of carbonyl (C=O) groups excluding carboxylic acids is 1. The number of primary amides is 1. The van der Waals surface area contributed by atoms with E-state index in [2.05, 4.69) is 48.8 Å². The summed E-state index contributed by atoms with van der Waals surface area (Å²) in [6.45, 7) is 3.86. The summed E-state index contributed by atoms with van der Waals surface area (Å²) in [4.78, 5) is 18.9. The van der Waals surface area contributed by atoms with Crippen molar-refractivity contribution in [1.82, 2.24) is 15.3 Å². The van der Waals surface area contributed by atoms with Crippen molar-refractivity contribution in [2.24, 2.45) is 5.73 Å². The van der Waals surface area contributed by atoms with E-state index in [-0.39, 0.29) is 0 Å². The molecule has 0 fully saturated rings. The van der Waals surface area contributed by atoms with Gasteiger partial charge >= 0.3 is 6.03 Å². The summed E-state index contributed by atoms with van der Waals surface area (Å²) in [5, 5.41) is 8.66. The number of urea groups is 1. The van der Waals surface area contributed by atoms with E-state index in [9.17, 15) is 4.79 Å². The smallest absolute Gasteiger partial charge is 0.312 e. The number of anilines is 2. The van der Waals surface area contributed by atoms with Gasteiger partial charge in [-0.25, -0.2) is 9.78 Å². The van der Waals surface area contributed by atoms with Gasteiger partial charge in [-0.1, -0.05) is 6.92 Å². The van der Waals surface area contributed by atoms with E-state index in [1.54, 1.807) is 6.20 Å². The summed E-state index contributed by atoms with van der Waals surface area (Å²) in [7, 11) is 0. The van der Waals surface area contributed by atoms with Gasteiger partial charge in [0.2, 0.25) is 5.95 Å². The number of halogens is 1. The third-order valence-corrected chi connectivity index (χ3v) is 2.57. The van der Waals surface area contributed by atoms with E-state index >= 15 is 0 Å². The van der Waals surface area contributed by atoms with Gasteiger partial charge in [0.15, 0.2) is 0 Å². The zero-order valence-electron chi connectivity index (χ0n) is 10.2. The van der Waals surface area contributed by atoms with Crippen LogP contribution in [0.2, 0.25) is 0 Å². The third-order valence-electron chi connectivity index (χ3n) is 1.99. The zero-order chi connectivity index (χ0) is 13.4. The molecule has 0 aliphatic rings. The molecule has 2 amide bonds. The highest BCUT2D eigenvalue weighted by Gasteiger charge is 2.04. The van der Waals surface area contributed by atoms with Crippen LogP contribution in [-0.4, -0.2) is 35.6 Å². The first-order valence-corrected chi connectivity index (χ1v) is 6.46. The molecule has 0 atom stereocenters. The molecule has 0 bridgehead atoms. The van der Waals surface area contributed by atoms with Crippen LogP contribution in [0.25, 0.3) is 0 Å². The normalized spacial score (nSPS) is 9.89. The molecular formula is C10H17BrN6O. The molecule has 0 radical (unpaired) electrons. The van der Waals surface area contributed by atoms with Crippen molar-refractivity contribution in [3.63, 3.8) is 0 Å². The average molecular weight is 317 g/mol. The van der Waals surface area contributed by atoms with Gasteiger partial charge in [-0.15, -0.1) is 0 Å². The van der Waals surface area contributed by atoms with Gasteiger partial charge in [-0.3, -0.25) is 0 Å². The second-order valence-corrected chi connectivity index (χ2v) is 4.39. The molecule has 100 valence electrons. The van der Waals surface area contributed by atoms with Gasteiger partial charge in [0.25, 0.3) is 0 Å². The zero-order valence-corrected chi connectivity index (χ0v) is 11.7. The highest BCUT2D eigenvalue weighted by molar-refractivity contribution is 9.10. The standard InChI is InChI=1S/C10H17BrN6O/c1-2-3-15-10-16-6-7(11)8(17-10)13-4-5-14-9(12)18/h6H,2-5H2,1H3,(H3,12,14,18)(H2,13,15,16,17). The third kappa shape index (κ3) is 5.17. The van der Waals surface area contributed by atoms with Crippen LogP contribution in [0.15, 0.2) is 10.7 Å². The Kier molecular flexibility index (Phi) is 6.20. The number of aromatic nitrogens is 2. The molecule has 1 aromatic heterocycles. The Hall–Kier alpha value is -1.57. The van der Waals surface area contributed by atoms with E-state index in [1.165, 1.54) is 0 Å². The molecule has 0 aliphatic carbocycles. The van der Waals surface area contributed by atoms with Gasteiger partial charge < -0.3 is 21.7 Å². The van der Waals surface area contributed by atoms with Crippen LogP contribution < -0.4 is 21.7 Å². The summed E-state index contributed by atoms with van der Waals surface area (Å²) >= 11 is 3.35. The Morgan fingerprint density at radius 2 is 2.17 bits per heavy atom. The fourth-order valence-electron chi connectivity index (χ4n) is 1.18. The van der Waals surface area contributed by atoms with E-state index in [1.807, 2.05) is 0 Å². The van der Waals surface area contributed by atoms with E-state index in [4.69, 9.17) is 5.73 Å². The highest BCUT2D eigenvalue weighted by Crippen LogP contribution is 2.19. The molecule has 0 spiro atoms. The molecule has 1 aromatic rings. The predicted molar refractivity (Wildman–Crippen MR) is 74.6 cm³/mol. The number of nitrogens with zero attached hydrogens (tertiary/aromatic N) is 2. The molecule has 0 aliphatic heterocycles. The first kappa shape index (κ1) is 14.5. The summed E-state index contributed by atoms with van der Waals surface area (Å²) in [5.41, 5.74) is 4.96. The molecule has 8 heteroatoms. The van der Waals surface area contributed by atoms with Crippen LogP contribution in [0.1, 0.15) is 13.3 Å². The van der Waals surface area contributed by atoms with Crippen LogP contribution in [0.4, 0.5) is 16.6 Å². The van der Waals surface area contributed by atoms with E-state index in [0.29, 0.717) is 24.9 Å². The Bertz CT molecular complexity index is 400. The first-order valence-electron chi connectivity index (χ1n) is 5.67. The Labute approximate surface area is 114 Å². The summed E-state index contributed by atoms with van der Waals surface area (Å²) in [6, 6.07) is -0.538. The number of hydrogen-bond donors (Lipinski definition) is 4. The predicted octanol–water partition coefficient (Wildman–Crippen LogP) is 1.14. The molecule has 1 rings (SSSR count). The van der Waals surface area contributed by atoms with Crippen LogP contribution in [0.5, 0.6) is 0 Å². The largest absolute Gasteiger partial charge is 0.367 e. The Balaban J connectivity index is 2.49. The number of carbonyl (C=O) groups is 1. The highest BCUT2D eigenvalue weighted by atomic mass is 79.9. The summed E-state index contributed by atoms with van der Waals surface area (Å²) in [5.74, 6) is 1.25. The molecular weight excluding hydrogens is 300 g/mol. The van der Waals surface area contributed by atoms with Crippen molar-refractivity contribution >= 4 is 33.7 Å². The van der Waals surface area contributed by atoms with Crippen LogP contribution in [0, 0.1) is 0 Å². The van der Waals surface area contributed by atoms with Crippen LogP contribution in [0.3, 0.4) is 0 Å². The lowest BCUT2D eigenvalue weighted by molar-refractivity contribution is 0.249. The lowest BCUT2D eigenvalue weighted by atomic mass is 10.5. The summed E-state index contributed by atoms with van der Waals surface area (Å²) in [6.07, 6.45) is 2.68. The van der Waals surface area contributed by atoms with Gasteiger partial charge in [0.05, 0.1) is 4.47 Å². The minimum absolute atomic E-state index is 0.434. The van der Waals surface area contributed by atoms with Crippen molar-refractivity contribution in [3.05, 3.63) is 10.7 Å². The van der Waals surface area contributed by atoms with Gasteiger partial charge in [0, 0.05) is 25.8 Å². The van der Waals surface area contributed by atoms with Crippen molar-refractivity contribution in [2.75, 3.05) is 30.3 Å². The molecule has 0 saturated heterocycles. The van der Waals surface area contributed by atoms with E-state index in [0.717, 1.165) is 17.4 Å². The number of rotatable bonds is 7. The van der Waals surface area contributed by atoms with Crippen molar-refractivity contribution in [1.29, 1.82) is 0 Å². The van der Waals surface area contributed by atoms with Gasteiger partial charge in [-0.05, 0) is 22.4 Å². The second-order valence-electron chi connectivity index (χ2n) is 3.53. The van der Waals surface area contributed by atoms with Crippen molar-refractivity contribution in [2.45, 2.75) is 13.3 Å². The fourth-order valence-corrected chi connectivity index (χ4v) is 1.51. The van der Waals surface area contributed by atoms with Crippen LogP contribution >= 0.6 is 15.9 Å². The van der Waals surface area contributed by atoms with E-state index < -0.39 is 6.03 Å². The fraction of sp³-hybridized carbons (Fsp3) is 0.500. The maximum Gasteiger partial charge on any atom is 0.312 e. The number of hydrogen-bond acceptors (Lipinski definition) is 5. The second kappa shape index (κ2) is 7.70. The molecule has 0 saturated carbocycles. The molecule has 7 nitrogen and oxygen atoms in total. The van der Waals surface area contributed by atoms with Gasteiger partial charge in [-0.2, -0.15) is 4.98 Å². The van der Waals surface area contributed by atoms with Gasteiger partial charge in [0.1, 0.15) is 5.82 Å². The monoisotopic (exact) mass is 316 g/mol. The first-order chi connectivity index (χ1) is 8.63. The van der Waals surface area contributed by atoms with Crippen molar-refractivity contribution < 1.29 is 4.79 Å². The minimum Gasteiger partial charge on any atom is -0.367 e. The average Bonchev–Trinajstić information content (AvgIpc) is 2.34. The molecule has 1 heterocycles. The SMILES string of the molecule is CCCNc1ncc(Br)c(NCCNC(N)=O)n1.